The number of thioether (sulfide) groups is 1. The fourth-order valence-corrected chi connectivity index (χ4v) is 4.95. The van der Waals surface area contributed by atoms with Crippen LogP contribution < -0.4 is 0 Å². The minimum absolute atomic E-state index is 0.928. The fourth-order valence-electron chi connectivity index (χ4n) is 2.72. The zero-order valence-electron chi connectivity index (χ0n) is 14.6. The molecule has 0 saturated carbocycles. The van der Waals surface area contributed by atoms with Crippen LogP contribution in [0.2, 0.25) is 0 Å². The molecule has 0 aliphatic carbocycles. The lowest BCUT2D eigenvalue weighted by Gasteiger charge is -2.02. The van der Waals surface area contributed by atoms with Crippen molar-refractivity contribution in [1.82, 2.24) is 4.98 Å². The SMILES string of the molecule is Cc1ccc(-c2nc(SCc3ccccc3)c(-c3ccccc3)s2)cc1. The molecule has 0 fully saturated rings. The van der Waals surface area contributed by atoms with E-state index in [1.165, 1.54) is 27.1 Å². The van der Waals surface area contributed by atoms with E-state index < -0.39 is 0 Å². The first-order valence-electron chi connectivity index (χ1n) is 8.59. The van der Waals surface area contributed by atoms with Gasteiger partial charge in [0.25, 0.3) is 0 Å². The van der Waals surface area contributed by atoms with E-state index in [-0.39, 0.29) is 0 Å². The summed E-state index contributed by atoms with van der Waals surface area (Å²) >= 11 is 3.59. The summed E-state index contributed by atoms with van der Waals surface area (Å²) < 4.78 is 0. The normalized spacial score (nSPS) is 10.8. The minimum atomic E-state index is 0.928. The summed E-state index contributed by atoms with van der Waals surface area (Å²) in [6.45, 7) is 2.11. The predicted molar refractivity (Wildman–Crippen MR) is 114 cm³/mol. The molecule has 26 heavy (non-hydrogen) atoms. The summed E-state index contributed by atoms with van der Waals surface area (Å²) in [4.78, 5) is 6.23. The number of thiazole rings is 1. The molecule has 0 amide bonds. The Hall–Kier alpha value is -2.36. The van der Waals surface area contributed by atoms with Crippen LogP contribution in [0.5, 0.6) is 0 Å². The zero-order chi connectivity index (χ0) is 17.8. The molecule has 128 valence electrons. The second kappa shape index (κ2) is 7.90. The molecule has 4 aromatic rings. The van der Waals surface area contributed by atoms with Crippen LogP contribution in [0, 0.1) is 6.92 Å². The number of nitrogens with zero attached hydrogens (tertiary/aromatic N) is 1. The number of aryl methyl sites for hydroxylation is 1. The summed E-state index contributed by atoms with van der Waals surface area (Å²) in [5.74, 6) is 0.928. The van der Waals surface area contributed by atoms with Crippen molar-refractivity contribution in [2.75, 3.05) is 0 Å². The summed E-state index contributed by atoms with van der Waals surface area (Å²) in [5, 5.41) is 2.19. The van der Waals surface area contributed by atoms with E-state index in [1.807, 2.05) is 11.8 Å². The second-order valence-corrected chi connectivity index (χ2v) is 8.12. The fraction of sp³-hybridized carbons (Fsp3) is 0.0870. The maximum Gasteiger partial charge on any atom is 0.125 e. The molecule has 0 unspecified atom stereocenters. The van der Waals surface area contributed by atoms with E-state index in [2.05, 4.69) is 91.9 Å². The third-order valence-electron chi connectivity index (χ3n) is 4.15. The van der Waals surface area contributed by atoms with E-state index in [0.29, 0.717) is 0 Å². The Balaban J connectivity index is 1.69. The molecule has 3 heteroatoms. The van der Waals surface area contributed by atoms with Gasteiger partial charge in [0.05, 0.1) is 4.88 Å². The van der Waals surface area contributed by atoms with E-state index in [4.69, 9.17) is 4.98 Å². The third-order valence-corrected chi connectivity index (χ3v) is 6.48. The highest BCUT2D eigenvalue weighted by atomic mass is 32.2. The zero-order valence-corrected chi connectivity index (χ0v) is 16.2. The smallest absolute Gasteiger partial charge is 0.125 e. The van der Waals surface area contributed by atoms with Crippen LogP contribution in [-0.2, 0) is 5.75 Å². The molecule has 0 atom stereocenters. The first-order valence-corrected chi connectivity index (χ1v) is 10.4. The molecular formula is C23H19NS2. The van der Waals surface area contributed by atoms with Crippen LogP contribution in [0.3, 0.4) is 0 Å². The first-order chi connectivity index (χ1) is 12.8. The van der Waals surface area contributed by atoms with Gasteiger partial charge >= 0.3 is 0 Å². The van der Waals surface area contributed by atoms with Crippen molar-refractivity contribution >= 4 is 23.1 Å². The van der Waals surface area contributed by atoms with Gasteiger partial charge in [-0.05, 0) is 18.1 Å². The molecule has 1 nitrogen and oxygen atoms in total. The lowest BCUT2D eigenvalue weighted by atomic mass is 10.2. The number of rotatable bonds is 5. The molecule has 0 aliphatic rings. The molecule has 0 radical (unpaired) electrons. The Morgan fingerprint density at radius 1 is 0.769 bits per heavy atom. The van der Waals surface area contributed by atoms with Gasteiger partial charge in [-0.3, -0.25) is 0 Å². The Labute approximate surface area is 162 Å². The van der Waals surface area contributed by atoms with Crippen LogP contribution in [0.15, 0.2) is 90.0 Å². The van der Waals surface area contributed by atoms with Gasteiger partial charge in [-0.15, -0.1) is 23.1 Å². The van der Waals surface area contributed by atoms with Crippen molar-refractivity contribution in [2.24, 2.45) is 0 Å². The molecule has 4 rings (SSSR count). The molecule has 0 N–H and O–H groups in total. The van der Waals surface area contributed by atoms with Gasteiger partial charge in [-0.2, -0.15) is 0 Å². The number of benzene rings is 3. The quantitative estimate of drug-likeness (QED) is 0.347. The van der Waals surface area contributed by atoms with Crippen molar-refractivity contribution in [1.29, 1.82) is 0 Å². The summed E-state index contributed by atoms with van der Waals surface area (Å²) in [6, 6.07) is 29.8. The van der Waals surface area contributed by atoms with Crippen LogP contribution in [0.25, 0.3) is 21.0 Å². The van der Waals surface area contributed by atoms with Crippen molar-refractivity contribution in [3.05, 3.63) is 96.1 Å². The van der Waals surface area contributed by atoms with Crippen LogP contribution in [0.4, 0.5) is 0 Å². The highest BCUT2D eigenvalue weighted by Gasteiger charge is 2.15. The van der Waals surface area contributed by atoms with Gasteiger partial charge in [0, 0.05) is 11.3 Å². The highest BCUT2D eigenvalue weighted by Crippen LogP contribution is 2.41. The van der Waals surface area contributed by atoms with Gasteiger partial charge < -0.3 is 0 Å². The first kappa shape index (κ1) is 17.1. The molecule has 3 aromatic carbocycles. The van der Waals surface area contributed by atoms with Gasteiger partial charge in [0.15, 0.2) is 0 Å². The molecular weight excluding hydrogens is 354 g/mol. The molecule has 0 spiro atoms. The molecule has 1 aromatic heterocycles. The lowest BCUT2D eigenvalue weighted by molar-refractivity contribution is 1.20. The Bertz CT molecular complexity index is 974. The minimum Gasteiger partial charge on any atom is -0.229 e. The maximum atomic E-state index is 4.98. The molecule has 0 saturated heterocycles. The Morgan fingerprint density at radius 2 is 1.42 bits per heavy atom. The topological polar surface area (TPSA) is 12.9 Å². The van der Waals surface area contributed by atoms with Crippen molar-refractivity contribution < 1.29 is 0 Å². The van der Waals surface area contributed by atoms with Crippen molar-refractivity contribution in [2.45, 2.75) is 17.7 Å². The Kier molecular flexibility index (Phi) is 5.19. The van der Waals surface area contributed by atoms with Gasteiger partial charge in [0.2, 0.25) is 0 Å². The van der Waals surface area contributed by atoms with Crippen LogP contribution in [0.1, 0.15) is 11.1 Å². The van der Waals surface area contributed by atoms with Crippen molar-refractivity contribution in [3.63, 3.8) is 0 Å². The lowest BCUT2D eigenvalue weighted by Crippen LogP contribution is -1.83. The molecule has 0 bridgehead atoms. The highest BCUT2D eigenvalue weighted by molar-refractivity contribution is 7.98. The molecule has 0 aliphatic heterocycles. The van der Waals surface area contributed by atoms with E-state index in [9.17, 15) is 0 Å². The van der Waals surface area contributed by atoms with Gasteiger partial charge in [0.1, 0.15) is 10.0 Å². The summed E-state index contributed by atoms with van der Waals surface area (Å²) in [7, 11) is 0. The van der Waals surface area contributed by atoms with Gasteiger partial charge in [-0.1, -0.05) is 90.5 Å². The average Bonchev–Trinajstić information content (AvgIpc) is 3.13. The van der Waals surface area contributed by atoms with Crippen LogP contribution in [-0.4, -0.2) is 4.98 Å². The largest absolute Gasteiger partial charge is 0.229 e. The predicted octanol–water partition coefficient (Wildman–Crippen LogP) is 7.08. The number of hydrogen-bond donors (Lipinski definition) is 0. The monoisotopic (exact) mass is 373 g/mol. The number of aromatic nitrogens is 1. The van der Waals surface area contributed by atoms with E-state index in [0.717, 1.165) is 15.8 Å². The second-order valence-electron chi connectivity index (χ2n) is 6.16. The summed E-state index contributed by atoms with van der Waals surface area (Å²) in [6.07, 6.45) is 0. The number of hydrogen-bond acceptors (Lipinski definition) is 3. The molecule has 1 heterocycles. The van der Waals surface area contributed by atoms with Crippen molar-refractivity contribution in [3.8, 4) is 21.0 Å². The summed E-state index contributed by atoms with van der Waals surface area (Å²) in [5.41, 5.74) is 5.01. The third kappa shape index (κ3) is 3.90. The van der Waals surface area contributed by atoms with Crippen LogP contribution >= 0.6 is 23.1 Å². The van der Waals surface area contributed by atoms with E-state index >= 15 is 0 Å². The van der Waals surface area contributed by atoms with E-state index in [1.54, 1.807) is 11.3 Å². The Morgan fingerprint density at radius 3 is 2.12 bits per heavy atom. The van der Waals surface area contributed by atoms with Gasteiger partial charge in [-0.25, -0.2) is 4.98 Å². The maximum absolute atomic E-state index is 4.98. The average molecular weight is 374 g/mol. The standard InChI is InChI=1S/C23H19NS2/c1-17-12-14-20(15-13-17)22-24-23(25-16-18-8-4-2-5-9-18)21(26-22)19-10-6-3-7-11-19/h2-15H,16H2,1H3.